The van der Waals surface area contributed by atoms with Gasteiger partial charge in [0.1, 0.15) is 17.3 Å². The number of aliphatic hydroxyl groups excluding tert-OH is 1. The van der Waals surface area contributed by atoms with Crippen LogP contribution in [0.1, 0.15) is 71.6 Å². The number of carbonyl (C=O) groups excluding carboxylic acids is 3. The highest BCUT2D eigenvalue weighted by Crippen LogP contribution is 2.14. The quantitative estimate of drug-likeness (QED) is 0.342. The number of methoxy groups -OCH3 is 1. The molecule has 0 saturated carbocycles. The third-order valence-electron chi connectivity index (χ3n) is 3.75. The van der Waals surface area contributed by atoms with Crippen LogP contribution in [-0.2, 0) is 23.9 Å². The molecule has 6 heteroatoms. The van der Waals surface area contributed by atoms with Crippen molar-refractivity contribution in [3.63, 3.8) is 0 Å². The fraction of sp³-hybridized carbons (Fsp3) is 0.833. The topological polar surface area (TPSA) is 89.9 Å². The van der Waals surface area contributed by atoms with Crippen LogP contribution in [0.15, 0.2) is 0 Å². The minimum Gasteiger partial charge on any atom is -0.385 e. The van der Waals surface area contributed by atoms with Gasteiger partial charge in [0.2, 0.25) is 0 Å². The minimum atomic E-state index is -0.876. The Morgan fingerprint density at radius 1 is 0.958 bits per heavy atom. The molecule has 0 amide bonds. The summed E-state index contributed by atoms with van der Waals surface area (Å²) >= 11 is 0. The van der Waals surface area contributed by atoms with Gasteiger partial charge < -0.3 is 19.4 Å². The van der Waals surface area contributed by atoms with Crippen molar-refractivity contribution in [3.8, 4) is 0 Å². The fourth-order valence-corrected chi connectivity index (χ4v) is 2.23. The SMILES string of the molecule is CCC(O)OC(CCC(C)=O)CCC(=O)CCC(=O)CCCOC. The fourth-order valence-electron chi connectivity index (χ4n) is 2.23. The second-order valence-electron chi connectivity index (χ2n) is 6.07. The predicted octanol–water partition coefficient (Wildman–Crippen LogP) is 2.59. The summed E-state index contributed by atoms with van der Waals surface area (Å²) < 4.78 is 10.3. The average molecular weight is 344 g/mol. The minimum absolute atomic E-state index is 0.0116. The monoisotopic (exact) mass is 344 g/mol. The zero-order chi connectivity index (χ0) is 18.4. The van der Waals surface area contributed by atoms with Gasteiger partial charge in [0, 0.05) is 45.8 Å². The third kappa shape index (κ3) is 13.3. The molecular formula is C18H32O6. The molecule has 0 radical (unpaired) electrons. The summed E-state index contributed by atoms with van der Waals surface area (Å²) in [7, 11) is 1.59. The van der Waals surface area contributed by atoms with Crippen LogP contribution in [-0.4, -0.2) is 48.6 Å². The molecule has 6 nitrogen and oxygen atoms in total. The first-order valence-electron chi connectivity index (χ1n) is 8.74. The van der Waals surface area contributed by atoms with Crippen LogP contribution in [0.25, 0.3) is 0 Å². The summed E-state index contributed by atoms with van der Waals surface area (Å²) in [6.07, 6.45) is 2.51. The predicted molar refractivity (Wildman–Crippen MR) is 90.7 cm³/mol. The van der Waals surface area contributed by atoms with Crippen LogP contribution in [0.2, 0.25) is 0 Å². The first-order chi connectivity index (χ1) is 11.4. The highest BCUT2D eigenvalue weighted by molar-refractivity contribution is 5.85. The molecule has 0 aromatic rings. The van der Waals surface area contributed by atoms with E-state index in [0.717, 1.165) is 0 Å². The number of Topliss-reactive ketones (excluding diaryl/α,β-unsaturated/α-hetero) is 3. The van der Waals surface area contributed by atoms with Crippen LogP contribution >= 0.6 is 0 Å². The standard InChI is InChI=1S/C18H32O6/c1-4-18(22)24-17(11-7-14(2)19)12-10-16(21)9-8-15(20)6-5-13-23-3/h17-18,22H,4-13H2,1-3H3. The van der Waals surface area contributed by atoms with Gasteiger partial charge in [0.25, 0.3) is 0 Å². The Kier molecular flexibility index (Phi) is 13.6. The summed E-state index contributed by atoms with van der Waals surface area (Å²) in [6, 6.07) is 0. The molecule has 0 rings (SSSR count). The Morgan fingerprint density at radius 3 is 2.08 bits per heavy atom. The smallest absolute Gasteiger partial charge is 0.154 e. The Hall–Kier alpha value is -1.11. The van der Waals surface area contributed by atoms with Crippen LogP contribution in [0.3, 0.4) is 0 Å². The van der Waals surface area contributed by atoms with Gasteiger partial charge in [-0.3, -0.25) is 9.59 Å². The molecule has 0 fully saturated rings. The second kappa shape index (κ2) is 14.3. The molecule has 140 valence electrons. The lowest BCUT2D eigenvalue weighted by atomic mass is 10.0. The van der Waals surface area contributed by atoms with E-state index in [2.05, 4.69) is 0 Å². The van der Waals surface area contributed by atoms with Gasteiger partial charge >= 0.3 is 0 Å². The Bertz CT molecular complexity index is 380. The molecule has 0 aliphatic carbocycles. The van der Waals surface area contributed by atoms with Crippen molar-refractivity contribution in [2.24, 2.45) is 0 Å². The van der Waals surface area contributed by atoms with Gasteiger partial charge in [-0.2, -0.15) is 0 Å². The van der Waals surface area contributed by atoms with Crippen molar-refractivity contribution >= 4 is 17.3 Å². The molecule has 0 aliphatic heterocycles. The maximum atomic E-state index is 11.9. The van der Waals surface area contributed by atoms with Crippen molar-refractivity contribution in [2.75, 3.05) is 13.7 Å². The van der Waals surface area contributed by atoms with E-state index in [1.54, 1.807) is 14.0 Å². The number of ketones is 3. The van der Waals surface area contributed by atoms with E-state index in [4.69, 9.17) is 9.47 Å². The largest absolute Gasteiger partial charge is 0.385 e. The molecule has 1 N–H and O–H groups in total. The normalized spacial score (nSPS) is 13.5. The van der Waals surface area contributed by atoms with Gasteiger partial charge in [0.15, 0.2) is 6.29 Å². The molecule has 0 aliphatic rings. The highest BCUT2D eigenvalue weighted by Gasteiger charge is 2.16. The number of rotatable bonds is 16. The lowest BCUT2D eigenvalue weighted by Gasteiger charge is -2.20. The van der Waals surface area contributed by atoms with E-state index in [1.807, 2.05) is 0 Å². The van der Waals surface area contributed by atoms with E-state index in [9.17, 15) is 19.5 Å². The Morgan fingerprint density at radius 2 is 1.54 bits per heavy atom. The van der Waals surface area contributed by atoms with Crippen molar-refractivity contribution in [3.05, 3.63) is 0 Å². The highest BCUT2D eigenvalue weighted by atomic mass is 16.6. The molecule has 2 atom stereocenters. The lowest BCUT2D eigenvalue weighted by molar-refractivity contribution is -0.145. The zero-order valence-corrected chi connectivity index (χ0v) is 15.2. The molecule has 0 aromatic carbocycles. The van der Waals surface area contributed by atoms with Gasteiger partial charge in [-0.1, -0.05) is 6.92 Å². The Labute approximate surface area is 144 Å². The summed E-state index contributed by atoms with van der Waals surface area (Å²) in [4.78, 5) is 34.6. The molecule has 0 bridgehead atoms. The summed E-state index contributed by atoms with van der Waals surface area (Å²) in [5, 5.41) is 9.59. The van der Waals surface area contributed by atoms with Gasteiger partial charge in [-0.25, -0.2) is 0 Å². The van der Waals surface area contributed by atoms with Crippen molar-refractivity contribution in [1.82, 2.24) is 0 Å². The zero-order valence-electron chi connectivity index (χ0n) is 15.2. The van der Waals surface area contributed by atoms with E-state index in [-0.39, 0.29) is 36.3 Å². The average Bonchev–Trinajstić information content (AvgIpc) is 2.55. The lowest BCUT2D eigenvalue weighted by Crippen LogP contribution is -2.23. The molecule has 0 heterocycles. The van der Waals surface area contributed by atoms with Crippen LogP contribution in [0.5, 0.6) is 0 Å². The van der Waals surface area contributed by atoms with E-state index < -0.39 is 6.29 Å². The number of aliphatic hydroxyl groups is 1. The second-order valence-corrected chi connectivity index (χ2v) is 6.07. The van der Waals surface area contributed by atoms with Crippen molar-refractivity contribution in [1.29, 1.82) is 0 Å². The Balaban J connectivity index is 4.09. The summed E-state index contributed by atoms with van der Waals surface area (Å²) in [5.41, 5.74) is 0. The first-order valence-corrected chi connectivity index (χ1v) is 8.74. The molecule has 0 aromatic heterocycles. The molecular weight excluding hydrogens is 312 g/mol. The number of hydrogen-bond donors (Lipinski definition) is 1. The number of ether oxygens (including phenoxy) is 2. The van der Waals surface area contributed by atoms with E-state index >= 15 is 0 Å². The first kappa shape index (κ1) is 22.9. The number of hydrogen-bond acceptors (Lipinski definition) is 6. The van der Waals surface area contributed by atoms with Gasteiger partial charge in [0.05, 0.1) is 6.10 Å². The van der Waals surface area contributed by atoms with Crippen molar-refractivity contribution < 1.29 is 29.0 Å². The number of carbonyl (C=O) groups is 3. The van der Waals surface area contributed by atoms with Crippen LogP contribution < -0.4 is 0 Å². The molecule has 24 heavy (non-hydrogen) atoms. The van der Waals surface area contributed by atoms with Gasteiger partial charge in [-0.15, -0.1) is 0 Å². The third-order valence-corrected chi connectivity index (χ3v) is 3.75. The molecule has 0 saturated heterocycles. The maximum Gasteiger partial charge on any atom is 0.154 e. The van der Waals surface area contributed by atoms with E-state index in [0.29, 0.717) is 51.6 Å². The molecule has 2 unspecified atom stereocenters. The summed E-state index contributed by atoms with van der Waals surface area (Å²) in [6.45, 7) is 3.86. The maximum absolute atomic E-state index is 11.9. The van der Waals surface area contributed by atoms with Crippen molar-refractivity contribution in [2.45, 2.75) is 84.0 Å². The van der Waals surface area contributed by atoms with Crippen LogP contribution in [0.4, 0.5) is 0 Å². The van der Waals surface area contributed by atoms with Gasteiger partial charge in [-0.05, 0) is 32.6 Å². The van der Waals surface area contributed by atoms with Crippen LogP contribution in [0, 0.1) is 0 Å². The van der Waals surface area contributed by atoms with E-state index in [1.165, 1.54) is 6.92 Å². The summed E-state index contributed by atoms with van der Waals surface area (Å²) in [5.74, 6) is 0.145. The molecule has 0 spiro atoms.